The number of hydrogen-bond donors (Lipinski definition) is 2. The lowest BCUT2D eigenvalue weighted by molar-refractivity contribution is -0.123. The number of nitrogens with one attached hydrogen (secondary N) is 2. The van der Waals surface area contributed by atoms with E-state index in [0.717, 1.165) is 0 Å². The van der Waals surface area contributed by atoms with Gasteiger partial charge < -0.3 is 10.6 Å². The first kappa shape index (κ1) is 16.3. The van der Waals surface area contributed by atoms with Crippen molar-refractivity contribution >= 4 is 34.0 Å². The Kier molecular flexibility index (Phi) is 4.44. The van der Waals surface area contributed by atoms with Crippen LogP contribution in [0.5, 0.6) is 0 Å². The van der Waals surface area contributed by atoms with E-state index in [9.17, 15) is 18.2 Å². The maximum Gasteiger partial charge on any atom is 0.232 e. The standard InChI is InChI=1S/C17H15FN2O3S/c1-24(23)12-5-3-11(4-6-12)19-17(22)14-9-16(21)20-15-8-10(18)2-7-13(14)15/h2-8,14H,9H2,1H3,(H,19,22)(H,20,21)/t14-,24+/m1/s1. The fourth-order valence-corrected chi connectivity index (χ4v) is 3.15. The van der Waals surface area contributed by atoms with Crippen LogP contribution >= 0.6 is 0 Å². The molecule has 1 heterocycles. The topological polar surface area (TPSA) is 75.3 Å². The molecule has 0 aromatic heterocycles. The zero-order chi connectivity index (χ0) is 17.3. The number of fused-ring (bicyclic) bond motifs is 1. The van der Waals surface area contributed by atoms with Crippen LogP contribution in [0.2, 0.25) is 0 Å². The number of halogens is 1. The molecule has 0 saturated heterocycles. The monoisotopic (exact) mass is 346 g/mol. The molecule has 7 heteroatoms. The Morgan fingerprint density at radius 1 is 1.25 bits per heavy atom. The molecule has 2 aromatic carbocycles. The van der Waals surface area contributed by atoms with Gasteiger partial charge in [-0.1, -0.05) is 6.07 Å². The quantitative estimate of drug-likeness (QED) is 0.897. The summed E-state index contributed by atoms with van der Waals surface area (Å²) in [6.45, 7) is 0. The van der Waals surface area contributed by atoms with Gasteiger partial charge in [-0.2, -0.15) is 0 Å². The van der Waals surface area contributed by atoms with Crippen molar-refractivity contribution in [2.24, 2.45) is 0 Å². The molecule has 2 N–H and O–H groups in total. The van der Waals surface area contributed by atoms with Gasteiger partial charge in [0.25, 0.3) is 0 Å². The van der Waals surface area contributed by atoms with Crippen molar-refractivity contribution in [3.8, 4) is 0 Å². The van der Waals surface area contributed by atoms with E-state index < -0.39 is 22.5 Å². The Morgan fingerprint density at radius 2 is 1.96 bits per heavy atom. The van der Waals surface area contributed by atoms with E-state index in [1.165, 1.54) is 18.2 Å². The summed E-state index contributed by atoms with van der Waals surface area (Å²) in [6, 6.07) is 10.6. The summed E-state index contributed by atoms with van der Waals surface area (Å²) in [5.41, 5.74) is 1.45. The van der Waals surface area contributed by atoms with Crippen molar-refractivity contribution in [2.45, 2.75) is 17.2 Å². The van der Waals surface area contributed by atoms with Crippen LogP contribution in [0.15, 0.2) is 47.4 Å². The fraction of sp³-hybridized carbons (Fsp3) is 0.176. The number of anilines is 2. The van der Waals surface area contributed by atoms with Gasteiger partial charge in [0.2, 0.25) is 11.8 Å². The molecule has 2 amide bonds. The fourth-order valence-electron chi connectivity index (χ4n) is 2.63. The van der Waals surface area contributed by atoms with E-state index in [4.69, 9.17) is 0 Å². The number of rotatable bonds is 3. The Bertz CT molecular complexity index is 836. The van der Waals surface area contributed by atoms with Crippen molar-refractivity contribution in [2.75, 3.05) is 16.9 Å². The van der Waals surface area contributed by atoms with Gasteiger partial charge >= 0.3 is 0 Å². The minimum atomic E-state index is -1.09. The van der Waals surface area contributed by atoms with Crippen molar-refractivity contribution in [1.82, 2.24) is 0 Å². The van der Waals surface area contributed by atoms with Gasteiger partial charge in [-0.15, -0.1) is 0 Å². The second kappa shape index (κ2) is 6.52. The highest BCUT2D eigenvalue weighted by molar-refractivity contribution is 7.84. The predicted molar refractivity (Wildman–Crippen MR) is 89.8 cm³/mol. The third-order valence-electron chi connectivity index (χ3n) is 3.82. The molecule has 2 aromatic rings. The molecular weight excluding hydrogens is 331 g/mol. The lowest BCUT2D eigenvalue weighted by Crippen LogP contribution is -2.30. The molecule has 3 rings (SSSR count). The third kappa shape index (κ3) is 3.35. The van der Waals surface area contributed by atoms with Crippen LogP contribution in [0.4, 0.5) is 15.8 Å². The minimum absolute atomic E-state index is 0.00151. The average molecular weight is 346 g/mol. The molecule has 1 aliphatic rings. The molecular formula is C17H15FN2O3S. The second-order valence-electron chi connectivity index (χ2n) is 5.50. The van der Waals surface area contributed by atoms with Crippen molar-refractivity contribution < 1.29 is 18.2 Å². The maximum atomic E-state index is 13.3. The summed E-state index contributed by atoms with van der Waals surface area (Å²) >= 11 is 0. The normalized spacial score (nSPS) is 17.6. The van der Waals surface area contributed by atoms with Crippen LogP contribution < -0.4 is 10.6 Å². The van der Waals surface area contributed by atoms with Crippen LogP contribution in [0.3, 0.4) is 0 Å². The van der Waals surface area contributed by atoms with Gasteiger partial charge in [-0.25, -0.2) is 4.39 Å². The molecule has 2 atom stereocenters. The van der Waals surface area contributed by atoms with E-state index in [-0.39, 0.29) is 18.2 Å². The lowest BCUT2D eigenvalue weighted by atomic mass is 9.89. The van der Waals surface area contributed by atoms with Crippen molar-refractivity contribution in [3.05, 3.63) is 53.8 Å². The average Bonchev–Trinajstić information content (AvgIpc) is 2.54. The predicted octanol–water partition coefficient (Wildman–Crippen LogP) is 2.63. The first-order chi connectivity index (χ1) is 11.4. The molecule has 0 aliphatic carbocycles. The van der Waals surface area contributed by atoms with Gasteiger partial charge in [0.05, 0.1) is 5.92 Å². The van der Waals surface area contributed by atoms with Gasteiger partial charge in [0, 0.05) is 39.7 Å². The smallest absolute Gasteiger partial charge is 0.232 e. The zero-order valence-electron chi connectivity index (χ0n) is 12.8. The number of benzene rings is 2. The SMILES string of the molecule is C[S@](=O)c1ccc(NC(=O)[C@@H]2CC(=O)Nc3cc(F)ccc32)cc1. The van der Waals surface area contributed by atoms with Crippen LogP contribution in [0.25, 0.3) is 0 Å². The van der Waals surface area contributed by atoms with Crippen LogP contribution in [0, 0.1) is 5.82 Å². The van der Waals surface area contributed by atoms with Gasteiger partial charge in [-0.3, -0.25) is 13.8 Å². The maximum absolute atomic E-state index is 13.3. The van der Waals surface area contributed by atoms with E-state index in [0.29, 0.717) is 21.8 Å². The number of amides is 2. The first-order valence-corrected chi connectivity index (χ1v) is 8.83. The molecule has 0 saturated carbocycles. The number of carbonyl (C=O) groups is 2. The van der Waals surface area contributed by atoms with Crippen molar-refractivity contribution in [3.63, 3.8) is 0 Å². The molecule has 1 aliphatic heterocycles. The molecule has 0 radical (unpaired) electrons. The highest BCUT2D eigenvalue weighted by Gasteiger charge is 2.31. The van der Waals surface area contributed by atoms with Gasteiger partial charge in [-0.05, 0) is 42.0 Å². The Balaban J connectivity index is 1.82. The molecule has 0 unspecified atom stereocenters. The molecule has 0 bridgehead atoms. The molecule has 5 nitrogen and oxygen atoms in total. The largest absolute Gasteiger partial charge is 0.326 e. The minimum Gasteiger partial charge on any atom is -0.326 e. The molecule has 0 fully saturated rings. The molecule has 0 spiro atoms. The van der Waals surface area contributed by atoms with Crippen LogP contribution in [0.1, 0.15) is 17.9 Å². The highest BCUT2D eigenvalue weighted by atomic mass is 32.2. The molecule has 24 heavy (non-hydrogen) atoms. The first-order valence-electron chi connectivity index (χ1n) is 7.27. The second-order valence-corrected chi connectivity index (χ2v) is 6.88. The van der Waals surface area contributed by atoms with E-state index in [1.54, 1.807) is 30.5 Å². The third-order valence-corrected chi connectivity index (χ3v) is 4.76. The van der Waals surface area contributed by atoms with Crippen molar-refractivity contribution in [1.29, 1.82) is 0 Å². The Morgan fingerprint density at radius 3 is 2.62 bits per heavy atom. The van der Waals surface area contributed by atoms with Crippen LogP contribution in [-0.2, 0) is 20.4 Å². The van der Waals surface area contributed by atoms with E-state index >= 15 is 0 Å². The summed E-state index contributed by atoms with van der Waals surface area (Å²) < 4.78 is 24.7. The van der Waals surface area contributed by atoms with Crippen LogP contribution in [-0.4, -0.2) is 22.3 Å². The summed E-state index contributed by atoms with van der Waals surface area (Å²) in [6.07, 6.45) is 1.58. The van der Waals surface area contributed by atoms with Gasteiger partial charge in [0.1, 0.15) is 5.82 Å². The summed E-state index contributed by atoms with van der Waals surface area (Å²) in [5.74, 6) is -1.83. The van der Waals surface area contributed by atoms with Gasteiger partial charge in [0.15, 0.2) is 0 Å². The highest BCUT2D eigenvalue weighted by Crippen LogP contribution is 2.33. The lowest BCUT2D eigenvalue weighted by Gasteiger charge is -2.24. The Labute approximate surface area is 140 Å². The summed E-state index contributed by atoms with van der Waals surface area (Å²) in [5, 5.41) is 5.32. The summed E-state index contributed by atoms with van der Waals surface area (Å²) in [4.78, 5) is 25.0. The van der Waals surface area contributed by atoms with E-state index in [2.05, 4.69) is 10.6 Å². The number of carbonyl (C=O) groups excluding carboxylic acids is 2. The number of hydrogen-bond acceptors (Lipinski definition) is 3. The summed E-state index contributed by atoms with van der Waals surface area (Å²) in [7, 11) is -1.09. The molecule has 124 valence electrons. The Hall–Kier alpha value is -2.54. The zero-order valence-corrected chi connectivity index (χ0v) is 13.7. The van der Waals surface area contributed by atoms with E-state index in [1.807, 2.05) is 0 Å².